The lowest BCUT2D eigenvalue weighted by molar-refractivity contribution is 0.259. The molecule has 4 atom stereocenters. The predicted octanol–water partition coefficient (Wildman–Crippen LogP) is 2.02. The Balaban J connectivity index is 1.84. The van der Waals surface area contributed by atoms with Gasteiger partial charge in [-0.25, -0.2) is 0 Å². The van der Waals surface area contributed by atoms with Crippen molar-refractivity contribution in [3.05, 3.63) is 0 Å². The first kappa shape index (κ1) is 7.60. The SMILES string of the molecule is C[C@H](CN)C1CCC2CC2C1. The Kier molecular flexibility index (Phi) is 1.92. The number of hydrogen-bond donors (Lipinski definition) is 1. The van der Waals surface area contributed by atoms with Crippen LogP contribution in [0.2, 0.25) is 0 Å². The molecule has 0 heterocycles. The molecule has 64 valence electrons. The molecule has 1 heteroatoms. The Bertz CT molecular complexity index is 144. The van der Waals surface area contributed by atoms with Crippen LogP contribution in [0.5, 0.6) is 0 Å². The van der Waals surface area contributed by atoms with Gasteiger partial charge in [0.15, 0.2) is 0 Å². The predicted molar refractivity (Wildman–Crippen MR) is 47.2 cm³/mol. The minimum absolute atomic E-state index is 0.775. The van der Waals surface area contributed by atoms with Crippen molar-refractivity contribution in [3.8, 4) is 0 Å². The van der Waals surface area contributed by atoms with E-state index in [1.165, 1.54) is 25.7 Å². The van der Waals surface area contributed by atoms with Crippen molar-refractivity contribution in [3.63, 3.8) is 0 Å². The van der Waals surface area contributed by atoms with Gasteiger partial charge in [-0.2, -0.15) is 0 Å². The van der Waals surface area contributed by atoms with E-state index < -0.39 is 0 Å². The van der Waals surface area contributed by atoms with Gasteiger partial charge in [0.05, 0.1) is 0 Å². The number of nitrogens with two attached hydrogens (primary N) is 1. The summed E-state index contributed by atoms with van der Waals surface area (Å²) in [6, 6.07) is 0. The Labute approximate surface area is 69.4 Å². The Hall–Kier alpha value is -0.0400. The maximum absolute atomic E-state index is 5.66. The average Bonchev–Trinajstić information content (AvgIpc) is 2.80. The molecule has 3 unspecified atom stereocenters. The van der Waals surface area contributed by atoms with Crippen molar-refractivity contribution >= 4 is 0 Å². The molecule has 0 aliphatic heterocycles. The summed E-state index contributed by atoms with van der Waals surface area (Å²) in [4.78, 5) is 0. The maximum atomic E-state index is 5.66. The van der Waals surface area contributed by atoms with Crippen LogP contribution in [0.25, 0.3) is 0 Å². The summed E-state index contributed by atoms with van der Waals surface area (Å²) < 4.78 is 0. The highest BCUT2D eigenvalue weighted by Gasteiger charge is 2.42. The largest absolute Gasteiger partial charge is 0.330 e. The highest BCUT2D eigenvalue weighted by molar-refractivity contribution is 4.93. The molecule has 0 bridgehead atoms. The highest BCUT2D eigenvalue weighted by Crippen LogP contribution is 2.52. The maximum Gasteiger partial charge on any atom is -0.00489 e. The number of rotatable bonds is 2. The fourth-order valence-corrected chi connectivity index (χ4v) is 2.60. The lowest BCUT2D eigenvalue weighted by Gasteiger charge is -2.26. The average molecular weight is 153 g/mol. The summed E-state index contributed by atoms with van der Waals surface area (Å²) in [6.07, 6.45) is 5.98. The second-order valence-corrected chi connectivity index (χ2v) is 4.54. The summed E-state index contributed by atoms with van der Waals surface area (Å²) >= 11 is 0. The zero-order chi connectivity index (χ0) is 7.84. The zero-order valence-electron chi connectivity index (χ0n) is 7.42. The van der Waals surface area contributed by atoms with Crippen LogP contribution in [0.4, 0.5) is 0 Å². The van der Waals surface area contributed by atoms with Gasteiger partial charge in [0, 0.05) is 0 Å². The van der Waals surface area contributed by atoms with E-state index in [2.05, 4.69) is 6.92 Å². The first-order valence-corrected chi connectivity index (χ1v) is 5.01. The van der Waals surface area contributed by atoms with Crippen LogP contribution in [0.1, 0.15) is 32.6 Å². The van der Waals surface area contributed by atoms with Crippen molar-refractivity contribution in [2.24, 2.45) is 29.4 Å². The van der Waals surface area contributed by atoms with Gasteiger partial charge in [-0.1, -0.05) is 6.92 Å². The number of fused-ring (bicyclic) bond motifs is 1. The van der Waals surface area contributed by atoms with E-state index in [0.29, 0.717) is 0 Å². The van der Waals surface area contributed by atoms with Crippen LogP contribution in [-0.2, 0) is 0 Å². The molecule has 0 amide bonds. The zero-order valence-corrected chi connectivity index (χ0v) is 7.42. The standard InChI is InChI=1S/C10H19N/c1-7(6-11)8-2-3-9-5-10(9)4-8/h7-10H,2-6,11H2,1H3/t7-,8?,9?,10?/m1/s1. The molecule has 2 saturated carbocycles. The summed E-state index contributed by atoms with van der Waals surface area (Å²) in [5, 5.41) is 0. The summed E-state index contributed by atoms with van der Waals surface area (Å²) in [7, 11) is 0. The molecule has 2 rings (SSSR count). The molecule has 11 heavy (non-hydrogen) atoms. The third-order valence-electron chi connectivity index (χ3n) is 3.76. The van der Waals surface area contributed by atoms with Crippen LogP contribution < -0.4 is 5.73 Å². The van der Waals surface area contributed by atoms with Gasteiger partial charge >= 0.3 is 0 Å². The molecule has 2 fully saturated rings. The van der Waals surface area contributed by atoms with Crippen molar-refractivity contribution in [1.29, 1.82) is 0 Å². The van der Waals surface area contributed by atoms with Gasteiger partial charge < -0.3 is 5.73 Å². The fourth-order valence-electron chi connectivity index (χ4n) is 2.60. The second-order valence-electron chi connectivity index (χ2n) is 4.54. The quantitative estimate of drug-likeness (QED) is 0.645. The molecule has 2 aliphatic carbocycles. The van der Waals surface area contributed by atoms with Crippen LogP contribution in [0.15, 0.2) is 0 Å². The van der Waals surface area contributed by atoms with Crippen LogP contribution in [-0.4, -0.2) is 6.54 Å². The van der Waals surface area contributed by atoms with E-state index in [-0.39, 0.29) is 0 Å². The van der Waals surface area contributed by atoms with Crippen molar-refractivity contribution < 1.29 is 0 Å². The molecule has 0 aromatic rings. The molecule has 2 N–H and O–H groups in total. The van der Waals surface area contributed by atoms with E-state index in [9.17, 15) is 0 Å². The molecule has 0 aromatic carbocycles. The molecular weight excluding hydrogens is 134 g/mol. The molecule has 1 nitrogen and oxygen atoms in total. The summed E-state index contributed by atoms with van der Waals surface area (Å²) in [5.41, 5.74) is 5.66. The highest BCUT2D eigenvalue weighted by atomic mass is 14.6. The monoisotopic (exact) mass is 153 g/mol. The minimum Gasteiger partial charge on any atom is -0.330 e. The van der Waals surface area contributed by atoms with Crippen molar-refractivity contribution in [1.82, 2.24) is 0 Å². The Morgan fingerprint density at radius 1 is 1.27 bits per heavy atom. The Morgan fingerprint density at radius 2 is 2.09 bits per heavy atom. The van der Waals surface area contributed by atoms with Crippen LogP contribution in [0.3, 0.4) is 0 Å². The molecule has 2 aliphatic rings. The molecule has 0 spiro atoms. The van der Waals surface area contributed by atoms with E-state index in [0.717, 1.165) is 30.2 Å². The lowest BCUT2D eigenvalue weighted by Crippen LogP contribution is -2.23. The van der Waals surface area contributed by atoms with Gasteiger partial charge in [0.2, 0.25) is 0 Å². The minimum atomic E-state index is 0.775. The molecular formula is C10H19N. The fraction of sp³-hybridized carbons (Fsp3) is 1.00. The van der Waals surface area contributed by atoms with E-state index in [4.69, 9.17) is 5.73 Å². The first-order valence-electron chi connectivity index (χ1n) is 5.01. The Morgan fingerprint density at radius 3 is 2.73 bits per heavy atom. The van der Waals surface area contributed by atoms with Gasteiger partial charge in [-0.05, 0) is 55.9 Å². The van der Waals surface area contributed by atoms with E-state index in [1.54, 1.807) is 0 Å². The van der Waals surface area contributed by atoms with Gasteiger partial charge in [-0.3, -0.25) is 0 Å². The molecule has 0 saturated heterocycles. The third-order valence-corrected chi connectivity index (χ3v) is 3.76. The molecule has 0 aromatic heterocycles. The topological polar surface area (TPSA) is 26.0 Å². The second kappa shape index (κ2) is 2.78. The smallest absolute Gasteiger partial charge is 0.00489 e. The van der Waals surface area contributed by atoms with Crippen LogP contribution >= 0.6 is 0 Å². The van der Waals surface area contributed by atoms with Gasteiger partial charge in [0.1, 0.15) is 0 Å². The van der Waals surface area contributed by atoms with Crippen molar-refractivity contribution in [2.45, 2.75) is 32.6 Å². The molecule has 0 radical (unpaired) electrons. The van der Waals surface area contributed by atoms with Crippen LogP contribution in [0, 0.1) is 23.7 Å². The first-order chi connectivity index (χ1) is 5.31. The summed E-state index contributed by atoms with van der Waals surface area (Å²) in [6.45, 7) is 3.20. The van der Waals surface area contributed by atoms with Crippen molar-refractivity contribution in [2.75, 3.05) is 6.54 Å². The number of hydrogen-bond acceptors (Lipinski definition) is 1. The summed E-state index contributed by atoms with van der Waals surface area (Å²) in [5.74, 6) is 3.99. The van der Waals surface area contributed by atoms with Gasteiger partial charge in [-0.15, -0.1) is 0 Å². The van der Waals surface area contributed by atoms with E-state index in [1.807, 2.05) is 0 Å². The van der Waals surface area contributed by atoms with Gasteiger partial charge in [0.25, 0.3) is 0 Å². The third kappa shape index (κ3) is 1.44. The van der Waals surface area contributed by atoms with E-state index >= 15 is 0 Å². The lowest BCUT2D eigenvalue weighted by atomic mass is 9.81. The normalized spacial score (nSPS) is 44.7.